The fraction of sp³-hybridized carbons (Fsp3) is 0.500. The highest BCUT2D eigenvalue weighted by atomic mass is 35.5. The minimum absolute atomic E-state index is 0.0268. The first kappa shape index (κ1) is 11.2. The quantitative estimate of drug-likeness (QED) is 0.870. The lowest BCUT2D eigenvalue weighted by Gasteiger charge is -1.99. The average Bonchev–Trinajstić information content (AvgIpc) is 2.85. The number of H-pyrrole nitrogens is 1. The van der Waals surface area contributed by atoms with E-state index in [4.69, 9.17) is 11.6 Å². The zero-order valence-corrected chi connectivity index (χ0v) is 11.0. The molecule has 5 heteroatoms. The van der Waals surface area contributed by atoms with Gasteiger partial charge in [0.05, 0.1) is 5.39 Å². The van der Waals surface area contributed by atoms with Crippen LogP contribution in [0.5, 0.6) is 0 Å². The van der Waals surface area contributed by atoms with Crippen LogP contribution in [0.2, 0.25) is 0 Å². The highest BCUT2D eigenvalue weighted by molar-refractivity contribution is 7.18. The molecule has 0 saturated carbocycles. The number of rotatable bonds is 3. The Labute approximate surface area is 108 Å². The number of aromatic amines is 1. The standard InChI is InChI=1S/C12H13ClN2OS/c13-6-2-5-9-14-11(16)10-7-3-1-4-8(7)17-12(10)15-9/h1-6H2,(H,14,15,16). The first-order valence-corrected chi connectivity index (χ1v) is 7.24. The molecule has 0 bridgehead atoms. The van der Waals surface area contributed by atoms with Crippen LogP contribution in [0.1, 0.15) is 29.1 Å². The summed E-state index contributed by atoms with van der Waals surface area (Å²) in [6.07, 6.45) is 4.90. The average molecular weight is 269 g/mol. The van der Waals surface area contributed by atoms with Crippen molar-refractivity contribution < 1.29 is 0 Å². The number of alkyl halides is 1. The molecule has 0 amide bonds. The van der Waals surface area contributed by atoms with Crippen molar-refractivity contribution in [3.05, 3.63) is 26.6 Å². The van der Waals surface area contributed by atoms with E-state index >= 15 is 0 Å². The molecule has 0 spiro atoms. The third-order valence-corrected chi connectivity index (χ3v) is 4.62. The topological polar surface area (TPSA) is 45.8 Å². The van der Waals surface area contributed by atoms with Gasteiger partial charge < -0.3 is 4.98 Å². The van der Waals surface area contributed by atoms with Gasteiger partial charge in [-0.15, -0.1) is 22.9 Å². The van der Waals surface area contributed by atoms with E-state index in [1.807, 2.05) is 0 Å². The van der Waals surface area contributed by atoms with Gasteiger partial charge in [-0.05, 0) is 31.2 Å². The summed E-state index contributed by atoms with van der Waals surface area (Å²) in [5.41, 5.74) is 1.27. The molecule has 17 heavy (non-hydrogen) atoms. The van der Waals surface area contributed by atoms with Crippen LogP contribution < -0.4 is 5.56 Å². The van der Waals surface area contributed by atoms with Crippen LogP contribution in [0.15, 0.2) is 4.79 Å². The summed E-state index contributed by atoms with van der Waals surface area (Å²) < 4.78 is 0. The summed E-state index contributed by atoms with van der Waals surface area (Å²) in [7, 11) is 0. The minimum Gasteiger partial charge on any atom is -0.310 e. The monoisotopic (exact) mass is 268 g/mol. The largest absolute Gasteiger partial charge is 0.310 e. The molecule has 2 aromatic heterocycles. The number of halogens is 1. The number of nitrogens with one attached hydrogen (secondary N) is 1. The Morgan fingerprint density at radius 1 is 1.41 bits per heavy atom. The van der Waals surface area contributed by atoms with Crippen LogP contribution in [0.3, 0.4) is 0 Å². The molecule has 2 heterocycles. The van der Waals surface area contributed by atoms with Crippen molar-refractivity contribution in [2.75, 3.05) is 5.88 Å². The number of fused-ring (bicyclic) bond motifs is 3. The molecular formula is C12H13ClN2OS. The molecule has 0 atom stereocenters. The summed E-state index contributed by atoms with van der Waals surface area (Å²) in [4.78, 5) is 21.7. The predicted molar refractivity (Wildman–Crippen MR) is 71.3 cm³/mol. The van der Waals surface area contributed by atoms with E-state index in [1.165, 1.54) is 16.9 Å². The van der Waals surface area contributed by atoms with Crippen LogP contribution in [0.4, 0.5) is 0 Å². The van der Waals surface area contributed by atoms with Crippen LogP contribution in [0, 0.1) is 0 Å². The molecule has 1 aliphatic rings. The number of hydrogen-bond acceptors (Lipinski definition) is 3. The molecule has 1 aliphatic carbocycles. The second-order valence-electron chi connectivity index (χ2n) is 4.34. The molecule has 0 aliphatic heterocycles. The Balaban J connectivity index is 2.12. The Hall–Kier alpha value is -0.870. The first-order chi connectivity index (χ1) is 8.29. The molecular weight excluding hydrogens is 256 g/mol. The van der Waals surface area contributed by atoms with Gasteiger partial charge in [-0.3, -0.25) is 4.79 Å². The van der Waals surface area contributed by atoms with Crippen molar-refractivity contribution in [1.29, 1.82) is 0 Å². The van der Waals surface area contributed by atoms with Gasteiger partial charge in [-0.2, -0.15) is 0 Å². The summed E-state index contributed by atoms with van der Waals surface area (Å²) >= 11 is 7.34. The fourth-order valence-corrected chi connectivity index (χ4v) is 3.81. The lowest BCUT2D eigenvalue weighted by atomic mass is 10.2. The highest BCUT2D eigenvalue weighted by Crippen LogP contribution is 2.34. The molecule has 1 N–H and O–H groups in total. The summed E-state index contributed by atoms with van der Waals surface area (Å²) in [6.45, 7) is 0. The van der Waals surface area contributed by atoms with E-state index in [9.17, 15) is 4.79 Å². The van der Waals surface area contributed by atoms with E-state index < -0.39 is 0 Å². The van der Waals surface area contributed by atoms with E-state index in [1.54, 1.807) is 11.3 Å². The van der Waals surface area contributed by atoms with Crippen LogP contribution in [-0.2, 0) is 19.3 Å². The van der Waals surface area contributed by atoms with Crippen molar-refractivity contribution >= 4 is 33.2 Å². The summed E-state index contributed by atoms with van der Waals surface area (Å²) in [6, 6.07) is 0. The van der Waals surface area contributed by atoms with Crippen LogP contribution in [-0.4, -0.2) is 15.8 Å². The molecule has 90 valence electrons. The van der Waals surface area contributed by atoms with Gasteiger partial charge in [0, 0.05) is 17.2 Å². The van der Waals surface area contributed by atoms with Crippen LogP contribution >= 0.6 is 22.9 Å². The maximum absolute atomic E-state index is 12.1. The molecule has 2 aromatic rings. The predicted octanol–water partition coefficient (Wildman–Crippen LogP) is 2.64. The van der Waals surface area contributed by atoms with Crippen molar-refractivity contribution in [2.24, 2.45) is 0 Å². The van der Waals surface area contributed by atoms with E-state index in [-0.39, 0.29) is 5.56 Å². The van der Waals surface area contributed by atoms with Gasteiger partial charge in [-0.1, -0.05) is 0 Å². The SMILES string of the molecule is O=c1[nH]c(CCCCl)nc2sc3c(c12)CCC3. The Morgan fingerprint density at radius 3 is 3.12 bits per heavy atom. The minimum atomic E-state index is 0.0268. The van der Waals surface area contributed by atoms with Gasteiger partial charge >= 0.3 is 0 Å². The number of thiophene rings is 1. The summed E-state index contributed by atoms with van der Waals surface area (Å²) in [5, 5.41) is 0.831. The molecule has 0 unspecified atom stereocenters. The van der Waals surface area contributed by atoms with Gasteiger partial charge in [-0.25, -0.2) is 4.98 Å². The smallest absolute Gasteiger partial charge is 0.259 e. The molecule has 0 aromatic carbocycles. The molecule has 0 saturated heterocycles. The maximum atomic E-state index is 12.1. The number of nitrogens with zero attached hydrogens (tertiary/aromatic N) is 1. The number of hydrogen-bond donors (Lipinski definition) is 1. The van der Waals surface area contributed by atoms with Crippen molar-refractivity contribution in [1.82, 2.24) is 9.97 Å². The lowest BCUT2D eigenvalue weighted by molar-refractivity contribution is 0.842. The number of aryl methyl sites for hydroxylation is 3. The van der Waals surface area contributed by atoms with Crippen molar-refractivity contribution in [3.63, 3.8) is 0 Å². The van der Waals surface area contributed by atoms with E-state index in [0.29, 0.717) is 5.88 Å². The highest BCUT2D eigenvalue weighted by Gasteiger charge is 2.20. The van der Waals surface area contributed by atoms with Crippen molar-refractivity contribution in [2.45, 2.75) is 32.1 Å². The second-order valence-corrected chi connectivity index (χ2v) is 5.80. The molecule has 0 radical (unpaired) electrons. The second kappa shape index (κ2) is 4.42. The van der Waals surface area contributed by atoms with Crippen LogP contribution in [0.25, 0.3) is 10.2 Å². The van der Waals surface area contributed by atoms with Gasteiger partial charge in [0.15, 0.2) is 0 Å². The Kier molecular flexibility index (Phi) is 2.92. The zero-order valence-electron chi connectivity index (χ0n) is 9.38. The van der Waals surface area contributed by atoms with Gasteiger partial charge in [0.25, 0.3) is 5.56 Å². The maximum Gasteiger partial charge on any atom is 0.259 e. The third-order valence-electron chi connectivity index (χ3n) is 3.17. The van der Waals surface area contributed by atoms with Gasteiger partial charge in [0.2, 0.25) is 0 Å². The van der Waals surface area contributed by atoms with E-state index in [2.05, 4.69) is 9.97 Å². The lowest BCUT2D eigenvalue weighted by Crippen LogP contribution is -2.12. The Morgan fingerprint density at radius 2 is 2.29 bits per heavy atom. The normalized spacial score (nSPS) is 14.4. The zero-order chi connectivity index (χ0) is 11.8. The fourth-order valence-electron chi connectivity index (χ4n) is 2.40. The van der Waals surface area contributed by atoms with Gasteiger partial charge in [0.1, 0.15) is 10.7 Å². The first-order valence-electron chi connectivity index (χ1n) is 5.89. The summed E-state index contributed by atoms with van der Waals surface area (Å²) in [5.74, 6) is 1.37. The third kappa shape index (κ3) is 1.89. The molecule has 0 fully saturated rings. The molecule has 3 rings (SSSR count). The number of aromatic nitrogens is 2. The van der Waals surface area contributed by atoms with Crippen molar-refractivity contribution in [3.8, 4) is 0 Å². The Bertz CT molecular complexity index is 617. The molecule has 3 nitrogen and oxygen atoms in total. The van der Waals surface area contributed by atoms with E-state index in [0.717, 1.165) is 41.7 Å².